The van der Waals surface area contributed by atoms with Gasteiger partial charge >= 0.3 is 0 Å². The summed E-state index contributed by atoms with van der Waals surface area (Å²) in [6, 6.07) is 10.6. The highest BCUT2D eigenvalue weighted by Gasteiger charge is 2.36. The van der Waals surface area contributed by atoms with Crippen molar-refractivity contribution in [2.24, 2.45) is 5.92 Å². The molecule has 1 aromatic carbocycles. The molecule has 0 unspecified atom stereocenters. The average molecular weight is 496 g/mol. The van der Waals surface area contributed by atoms with Gasteiger partial charge in [0.05, 0.1) is 19.7 Å². The topological polar surface area (TPSA) is 53.1 Å². The zero-order valence-electron chi connectivity index (χ0n) is 20.9. The van der Waals surface area contributed by atoms with Crippen molar-refractivity contribution < 1.29 is 14.3 Å². The summed E-state index contributed by atoms with van der Waals surface area (Å²) in [6.07, 6.45) is 6.62. The summed E-state index contributed by atoms with van der Waals surface area (Å²) in [4.78, 5) is 34.3. The Morgan fingerprint density at radius 2 is 1.80 bits per heavy atom. The highest BCUT2D eigenvalue weighted by atomic mass is 32.1. The molecule has 6 nitrogen and oxygen atoms in total. The van der Waals surface area contributed by atoms with Crippen LogP contribution in [0.3, 0.4) is 0 Å². The molecular weight excluding hydrogens is 458 g/mol. The van der Waals surface area contributed by atoms with Crippen LogP contribution in [0.4, 0.5) is 0 Å². The third-order valence-corrected chi connectivity index (χ3v) is 9.05. The quantitative estimate of drug-likeness (QED) is 0.619. The zero-order valence-corrected chi connectivity index (χ0v) is 21.8. The van der Waals surface area contributed by atoms with Crippen molar-refractivity contribution >= 4 is 23.2 Å². The van der Waals surface area contributed by atoms with E-state index < -0.39 is 0 Å². The minimum Gasteiger partial charge on any atom is -0.497 e. The lowest BCUT2D eigenvalue weighted by Gasteiger charge is -2.43. The molecule has 1 saturated heterocycles. The van der Waals surface area contributed by atoms with Crippen molar-refractivity contribution in [2.75, 3.05) is 39.8 Å². The number of amides is 2. The number of hydrogen-bond acceptors (Lipinski definition) is 5. The first-order valence-corrected chi connectivity index (χ1v) is 14.0. The summed E-state index contributed by atoms with van der Waals surface area (Å²) in [5, 5.41) is 2.16. The average Bonchev–Trinajstić information content (AvgIpc) is 3.37. The van der Waals surface area contributed by atoms with E-state index in [1.54, 1.807) is 7.11 Å². The van der Waals surface area contributed by atoms with E-state index in [0.29, 0.717) is 32.1 Å². The van der Waals surface area contributed by atoms with Gasteiger partial charge in [-0.15, -0.1) is 11.3 Å². The van der Waals surface area contributed by atoms with Crippen LogP contribution in [0.5, 0.6) is 5.75 Å². The van der Waals surface area contributed by atoms with Gasteiger partial charge < -0.3 is 14.5 Å². The highest BCUT2D eigenvalue weighted by molar-refractivity contribution is 7.10. The summed E-state index contributed by atoms with van der Waals surface area (Å²) in [5.41, 5.74) is 2.50. The molecule has 0 radical (unpaired) electrons. The van der Waals surface area contributed by atoms with Crippen molar-refractivity contribution in [2.45, 2.75) is 57.5 Å². The van der Waals surface area contributed by atoms with Crippen LogP contribution in [-0.4, -0.2) is 72.4 Å². The Morgan fingerprint density at radius 1 is 1.03 bits per heavy atom. The zero-order chi connectivity index (χ0) is 24.4. The number of hydrogen-bond donors (Lipinski definition) is 0. The third kappa shape index (κ3) is 5.12. The number of carbonyl (C=O) groups is 2. The molecule has 2 aromatic rings. The number of methoxy groups -OCH3 is 1. The molecule has 1 aromatic heterocycles. The molecule has 3 heterocycles. The van der Waals surface area contributed by atoms with Crippen LogP contribution in [0.2, 0.25) is 0 Å². The van der Waals surface area contributed by atoms with Gasteiger partial charge in [0.25, 0.3) is 0 Å². The molecule has 1 saturated carbocycles. The number of ether oxygens (including phenoxy) is 1. The van der Waals surface area contributed by atoms with E-state index in [4.69, 9.17) is 4.74 Å². The van der Waals surface area contributed by atoms with Gasteiger partial charge in [-0.05, 0) is 60.9 Å². The van der Waals surface area contributed by atoms with E-state index in [2.05, 4.69) is 35.4 Å². The van der Waals surface area contributed by atoms with Crippen molar-refractivity contribution in [1.29, 1.82) is 0 Å². The van der Waals surface area contributed by atoms with Crippen LogP contribution in [-0.2, 0) is 16.0 Å². The Kier molecular flexibility index (Phi) is 7.44. The minimum absolute atomic E-state index is 0.0735. The normalized spacial score (nSPS) is 23.7. The summed E-state index contributed by atoms with van der Waals surface area (Å²) in [7, 11) is 1.68. The van der Waals surface area contributed by atoms with Gasteiger partial charge in [0.2, 0.25) is 11.8 Å². The number of fused-ring (bicyclic) bond motifs is 1. The molecule has 1 aliphatic carbocycles. The van der Waals surface area contributed by atoms with E-state index >= 15 is 0 Å². The Balaban J connectivity index is 1.26. The lowest BCUT2D eigenvalue weighted by molar-refractivity contribution is -0.146. The molecular formula is C28H37N3O3S. The summed E-state index contributed by atoms with van der Waals surface area (Å²) < 4.78 is 5.36. The number of piperazine rings is 1. The fraction of sp³-hybridized carbons (Fsp3) is 0.571. The van der Waals surface area contributed by atoms with Gasteiger partial charge in [-0.1, -0.05) is 31.4 Å². The SMILES string of the molecule is COc1ccc([C@@H]2c3ccsc3CCN2CC(=O)N2CCN(C(=O)C3CCCCC3)[C@@H](C)C2)cc1. The fourth-order valence-electron chi connectivity index (χ4n) is 6.08. The van der Waals surface area contributed by atoms with Gasteiger partial charge in [0.1, 0.15) is 5.75 Å². The van der Waals surface area contributed by atoms with Gasteiger partial charge in [-0.25, -0.2) is 0 Å². The maximum Gasteiger partial charge on any atom is 0.236 e. The number of thiophene rings is 1. The predicted octanol–water partition coefficient (Wildman–Crippen LogP) is 4.34. The second-order valence-corrected chi connectivity index (χ2v) is 11.3. The molecule has 3 aliphatic rings. The largest absolute Gasteiger partial charge is 0.497 e. The number of carbonyl (C=O) groups excluding carboxylic acids is 2. The number of benzene rings is 1. The summed E-state index contributed by atoms with van der Waals surface area (Å²) in [6.45, 7) is 5.27. The standard InChI is InChI=1S/C28H37N3O3S/c1-20-18-29(15-16-31(20)28(33)22-6-4-3-5-7-22)26(32)19-30-14-12-25-24(13-17-35-25)27(30)21-8-10-23(34-2)11-9-21/h8-11,13,17,20,22,27H,3-7,12,14-16,18-19H2,1-2H3/t20-,27+/m0/s1. The van der Waals surface area contributed by atoms with E-state index in [1.807, 2.05) is 33.3 Å². The molecule has 35 heavy (non-hydrogen) atoms. The van der Waals surface area contributed by atoms with Gasteiger partial charge in [-0.3, -0.25) is 14.5 Å². The van der Waals surface area contributed by atoms with Crippen LogP contribution in [0, 0.1) is 5.92 Å². The summed E-state index contributed by atoms with van der Waals surface area (Å²) in [5.74, 6) is 1.50. The van der Waals surface area contributed by atoms with E-state index in [0.717, 1.165) is 31.6 Å². The van der Waals surface area contributed by atoms with E-state index in [9.17, 15) is 9.59 Å². The van der Waals surface area contributed by atoms with Crippen LogP contribution < -0.4 is 4.74 Å². The maximum absolute atomic E-state index is 13.5. The lowest BCUT2D eigenvalue weighted by Crippen LogP contribution is -2.58. The number of rotatable bonds is 5. The molecule has 7 heteroatoms. The van der Waals surface area contributed by atoms with Gasteiger partial charge in [0.15, 0.2) is 0 Å². The van der Waals surface area contributed by atoms with Gasteiger partial charge in [0, 0.05) is 43.0 Å². The van der Waals surface area contributed by atoms with Crippen LogP contribution >= 0.6 is 11.3 Å². The Labute approximate surface area is 212 Å². The van der Waals surface area contributed by atoms with Gasteiger partial charge in [-0.2, -0.15) is 0 Å². The minimum atomic E-state index is 0.0735. The first-order chi connectivity index (χ1) is 17.0. The van der Waals surface area contributed by atoms with Crippen LogP contribution in [0.25, 0.3) is 0 Å². The molecule has 2 aliphatic heterocycles. The Morgan fingerprint density at radius 3 is 2.51 bits per heavy atom. The fourth-order valence-corrected chi connectivity index (χ4v) is 6.99. The molecule has 0 spiro atoms. The predicted molar refractivity (Wildman–Crippen MR) is 139 cm³/mol. The van der Waals surface area contributed by atoms with Crippen molar-refractivity contribution in [3.8, 4) is 5.75 Å². The maximum atomic E-state index is 13.5. The molecule has 2 fully saturated rings. The Hall–Kier alpha value is -2.38. The summed E-state index contributed by atoms with van der Waals surface area (Å²) >= 11 is 1.81. The van der Waals surface area contributed by atoms with Crippen LogP contribution in [0.15, 0.2) is 35.7 Å². The highest BCUT2D eigenvalue weighted by Crippen LogP contribution is 2.38. The number of nitrogens with zero attached hydrogens (tertiary/aromatic N) is 3. The first-order valence-electron chi connectivity index (χ1n) is 13.1. The lowest BCUT2D eigenvalue weighted by atomic mass is 9.88. The molecule has 2 atom stereocenters. The van der Waals surface area contributed by atoms with Crippen molar-refractivity contribution in [1.82, 2.24) is 14.7 Å². The second kappa shape index (κ2) is 10.7. The smallest absolute Gasteiger partial charge is 0.236 e. The molecule has 5 rings (SSSR count). The van der Waals surface area contributed by atoms with Crippen molar-refractivity contribution in [3.63, 3.8) is 0 Å². The van der Waals surface area contributed by atoms with Crippen LogP contribution in [0.1, 0.15) is 61.1 Å². The Bertz CT molecular complexity index is 1030. The molecule has 2 amide bonds. The monoisotopic (exact) mass is 495 g/mol. The van der Waals surface area contributed by atoms with E-state index in [-0.39, 0.29) is 23.9 Å². The molecule has 0 N–H and O–H groups in total. The van der Waals surface area contributed by atoms with E-state index in [1.165, 1.54) is 35.3 Å². The molecule has 188 valence electrons. The first kappa shape index (κ1) is 24.3. The second-order valence-electron chi connectivity index (χ2n) is 10.3. The van der Waals surface area contributed by atoms with Crippen molar-refractivity contribution in [3.05, 3.63) is 51.7 Å². The third-order valence-electron chi connectivity index (χ3n) is 8.05. The molecule has 0 bridgehead atoms.